The van der Waals surface area contributed by atoms with E-state index in [1.165, 1.54) is 11.3 Å². The van der Waals surface area contributed by atoms with E-state index in [4.69, 9.17) is 10.5 Å². The highest BCUT2D eigenvalue weighted by molar-refractivity contribution is 7.14. The Kier molecular flexibility index (Phi) is 5.70. The minimum Gasteiger partial charge on any atom is -0.497 e. The number of thiazole rings is 1. The minimum atomic E-state index is -0.320. The molecule has 0 unspecified atom stereocenters. The third-order valence-electron chi connectivity index (χ3n) is 4.48. The molecule has 2 aromatic rings. The number of amides is 3. The summed E-state index contributed by atoms with van der Waals surface area (Å²) in [6.45, 7) is 0.939. The molecule has 0 spiro atoms. The average Bonchev–Trinajstić information content (AvgIpc) is 3.16. The number of carbonyl (C=O) groups is 3. The Morgan fingerprint density at radius 1 is 1.22 bits per heavy atom. The molecule has 1 saturated heterocycles. The van der Waals surface area contributed by atoms with Crippen LogP contribution in [0.5, 0.6) is 5.75 Å². The highest BCUT2D eigenvalue weighted by atomic mass is 32.1. The number of carbonyl (C=O) groups excluding carboxylic acids is 3. The molecule has 0 atom stereocenters. The van der Waals surface area contributed by atoms with Crippen LogP contribution < -0.4 is 15.8 Å². The van der Waals surface area contributed by atoms with Crippen LogP contribution in [-0.2, 0) is 4.79 Å². The van der Waals surface area contributed by atoms with Gasteiger partial charge in [-0.1, -0.05) is 0 Å². The predicted molar refractivity (Wildman–Crippen MR) is 101 cm³/mol. The summed E-state index contributed by atoms with van der Waals surface area (Å²) in [5.74, 6) is -0.357. The van der Waals surface area contributed by atoms with Gasteiger partial charge in [0.15, 0.2) is 5.13 Å². The molecule has 3 amide bonds. The fourth-order valence-electron chi connectivity index (χ4n) is 2.87. The summed E-state index contributed by atoms with van der Waals surface area (Å²) in [5.41, 5.74) is 6.06. The van der Waals surface area contributed by atoms with Crippen LogP contribution >= 0.6 is 11.3 Å². The van der Waals surface area contributed by atoms with Crippen LogP contribution in [0.2, 0.25) is 0 Å². The molecule has 1 aromatic heterocycles. The Bertz CT molecular complexity index is 841. The Hall–Kier alpha value is -2.94. The lowest BCUT2D eigenvalue weighted by Gasteiger charge is -2.29. The summed E-state index contributed by atoms with van der Waals surface area (Å²) in [6, 6.07) is 6.69. The van der Waals surface area contributed by atoms with Gasteiger partial charge in [-0.05, 0) is 37.1 Å². The van der Waals surface area contributed by atoms with E-state index in [2.05, 4.69) is 10.3 Å². The van der Waals surface area contributed by atoms with Gasteiger partial charge in [-0.3, -0.25) is 19.7 Å². The topological polar surface area (TPSA) is 115 Å². The maximum Gasteiger partial charge on any atom is 0.273 e. The molecule has 3 N–H and O–H groups in total. The van der Waals surface area contributed by atoms with Crippen LogP contribution in [0.3, 0.4) is 0 Å². The lowest BCUT2D eigenvalue weighted by Crippen LogP contribution is -2.41. The summed E-state index contributed by atoms with van der Waals surface area (Å²) in [6.07, 6.45) is 1.12. The number of nitrogens with zero attached hydrogens (tertiary/aromatic N) is 2. The third kappa shape index (κ3) is 4.43. The van der Waals surface area contributed by atoms with Crippen molar-refractivity contribution >= 4 is 34.2 Å². The molecule has 0 saturated carbocycles. The van der Waals surface area contributed by atoms with Crippen molar-refractivity contribution < 1.29 is 19.1 Å². The summed E-state index contributed by atoms with van der Waals surface area (Å²) in [5, 5.41) is 4.66. The van der Waals surface area contributed by atoms with Gasteiger partial charge in [0.05, 0.1) is 7.11 Å². The SMILES string of the molecule is COc1ccc(C(=O)Nc2nc(C(=O)N3CCC(C(N)=O)CC3)cs2)cc1. The van der Waals surface area contributed by atoms with Gasteiger partial charge in [-0.15, -0.1) is 11.3 Å². The van der Waals surface area contributed by atoms with Crippen LogP contribution in [0.15, 0.2) is 29.6 Å². The number of anilines is 1. The third-order valence-corrected chi connectivity index (χ3v) is 5.24. The van der Waals surface area contributed by atoms with Crippen LogP contribution in [0.1, 0.15) is 33.7 Å². The van der Waals surface area contributed by atoms with Crippen molar-refractivity contribution in [1.29, 1.82) is 0 Å². The van der Waals surface area contributed by atoms with Crippen molar-refractivity contribution in [3.05, 3.63) is 40.9 Å². The van der Waals surface area contributed by atoms with Crippen molar-refractivity contribution in [2.75, 3.05) is 25.5 Å². The monoisotopic (exact) mass is 388 g/mol. The number of methoxy groups -OCH3 is 1. The average molecular weight is 388 g/mol. The van der Waals surface area contributed by atoms with Gasteiger partial charge in [0, 0.05) is 30.0 Å². The number of aromatic nitrogens is 1. The van der Waals surface area contributed by atoms with E-state index >= 15 is 0 Å². The highest BCUT2D eigenvalue weighted by Gasteiger charge is 2.27. The molecule has 8 nitrogen and oxygen atoms in total. The fourth-order valence-corrected chi connectivity index (χ4v) is 3.55. The number of hydrogen-bond donors (Lipinski definition) is 2. The molecule has 1 aromatic carbocycles. The number of piperidine rings is 1. The van der Waals surface area contributed by atoms with Crippen LogP contribution in [0.25, 0.3) is 0 Å². The molecule has 0 bridgehead atoms. The largest absolute Gasteiger partial charge is 0.497 e. The number of nitrogens with two attached hydrogens (primary N) is 1. The first kappa shape index (κ1) is 18.8. The molecule has 1 fully saturated rings. The van der Waals surface area contributed by atoms with E-state index in [0.717, 1.165) is 0 Å². The number of hydrogen-bond acceptors (Lipinski definition) is 6. The van der Waals surface area contributed by atoms with Crippen LogP contribution in [0, 0.1) is 5.92 Å². The maximum absolute atomic E-state index is 12.5. The van der Waals surface area contributed by atoms with Gasteiger partial charge >= 0.3 is 0 Å². The maximum atomic E-state index is 12.5. The molecule has 1 aliphatic heterocycles. The molecule has 9 heteroatoms. The van der Waals surface area contributed by atoms with Crippen molar-refractivity contribution in [3.63, 3.8) is 0 Å². The quantitative estimate of drug-likeness (QED) is 0.810. The van der Waals surface area contributed by atoms with Crippen LogP contribution in [0.4, 0.5) is 5.13 Å². The van der Waals surface area contributed by atoms with Gasteiger partial charge in [-0.25, -0.2) is 4.98 Å². The van der Waals surface area contributed by atoms with Crippen molar-refractivity contribution in [3.8, 4) is 5.75 Å². The molecule has 27 heavy (non-hydrogen) atoms. The number of benzene rings is 1. The molecule has 2 heterocycles. The highest BCUT2D eigenvalue weighted by Crippen LogP contribution is 2.22. The number of likely N-dealkylation sites (tertiary alicyclic amines) is 1. The Balaban J connectivity index is 1.60. The minimum absolute atomic E-state index is 0.177. The zero-order valence-corrected chi connectivity index (χ0v) is 15.6. The summed E-state index contributed by atoms with van der Waals surface area (Å²) in [7, 11) is 1.56. The second-order valence-corrected chi connectivity index (χ2v) is 7.05. The molecular formula is C18H20N4O4S. The summed E-state index contributed by atoms with van der Waals surface area (Å²) >= 11 is 1.19. The van der Waals surface area contributed by atoms with E-state index < -0.39 is 0 Å². The van der Waals surface area contributed by atoms with E-state index in [1.807, 2.05) is 0 Å². The number of rotatable bonds is 5. The van der Waals surface area contributed by atoms with E-state index in [9.17, 15) is 14.4 Å². The van der Waals surface area contributed by atoms with Gasteiger partial charge in [0.2, 0.25) is 5.91 Å². The zero-order chi connectivity index (χ0) is 19.4. The predicted octanol–water partition coefficient (Wildman–Crippen LogP) is 1.74. The lowest BCUT2D eigenvalue weighted by molar-refractivity contribution is -0.123. The Morgan fingerprint density at radius 2 is 1.89 bits per heavy atom. The van der Waals surface area contributed by atoms with Gasteiger partial charge in [0.1, 0.15) is 11.4 Å². The second-order valence-electron chi connectivity index (χ2n) is 6.19. The normalized spacial score (nSPS) is 14.6. The van der Waals surface area contributed by atoms with Crippen molar-refractivity contribution in [2.45, 2.75) is 12.8 Å². The molecule has 142 valence electrons. The smallest absolute Gasteiger partial charge is 0.273 e. The van der Waals surface area contributed by atoms with Gasteiger partial charge in [0.25, 0.3) is 11.8 Å². The second kappa shape index (κ2) is 8.17. The Morgan fingerprint density at radius 3 is 2.48 bits per heavy atom. The zero-order valence-electron chi connectivity index (χ0n) is 14.8. The molecule has 3 rings (SSSR count). The van der Waals surface area contributed by atoms with Crippen molar-refractivity contribution in [2.24, 2.45) is 11.7 Å². The van der Waals surface area contributed by atoms with E-state index in [1.54, 1.807) is 41.7 Å². The number of nitrogens with one attached hydrogen (secondary N) is 1. The van der Waals surface area contributed by atoms with E-state index in [0.29, 0.717) is 42.4 Å². The first-order valence-corrected chi connectivity index (χ1v) is 9.35. The first-order valence-electron chi connectivity index (χ1n) is 8.47. The molecular weight excluding hydrogens is 368 g/mol. The molecule has 0 aliphatic carbocycles. The lowest BCUT2D eigenvalue weighted by atomic mass is 9.96. The first-order chi connectivity index (χ1) is 13.0. The summed E-state index contributed by atoms with van der Waals surface area (Å²) in [4.78, 5) is 41.9. The van der Waals surface area contributed by atoms with Crippen molar-refractivity contribution in [1.82, 2.24) is 9.88 Å². The fraction of sp³-hybridized carbons (Fsp3) is 0.333. The standard InChI is InChI=1S/C18H20N4O4S/c1-26-13-4-2-12(3-5-13)16(24)21-18-20-14(10-27-18)17(25)22-8-6-11(7-9-22)15(19)23/h2-5,10-11H,6-9H2,1H3,(H2,19,23)(H,20,21,24). The van der Waals surface area contributed by atoms with E-state index in [-0.39, 0.29) is 29.3 Å². The van der Waals surface area contributed by atoms with Crippen LogP contribution in [-0.4, -0.2) is 47.8 Å². The Labute approximate surface area is 160 Å². The number of primary amides is 1. The number of ether oxygens (including phenoxy) is 1. The van der Waals surface area contributed by atoms with Gasteiger partial charge in [-0.2, -0.15) is 0 Å². The summed E-state index contributed by atoms with van der Waals surface area (Å²) < 4.78 is 5.06. The van der Waals surface area contributed by atoms with Gasteiger partial charge < -0.3 is 15.4 Å². The molecule has 1 aliphatic rings. The molecule has 0 radical (unpaired) electrons.